The number of hydrogen-bond donors (Lipinski definition) is 0. The Kier molecular flexibility index (Phi) is 3.39. The SMILES string of the molecule is O=C1CCC(Cc2cc(Br)cs2)CC1. The average Bonchev–Trinajstić information content (AvgIpc) is 2.56. The van der Waals surface area contributed by atoms with Crippen LogP contribution in [0.15, 0.2) is 15.9 Å². The number of rotatable bonds is 2. The van der Waals surface area contributed by atoms with Crippen LogP contribution in [0.1, 0.15) is 30.6 Å². The maximum Gasteiger partial charge on any atom is 0.132 e. The third kappa shape index (κ3) is 2.67. The summed E-state index contributed by atoms with van der Waals surface area (Å²) in [5.74, 6) is 1.19. The maximum absolute atomic E-state index is 11.1. The van der Waals surface area contributed by atoms with Crippen molar-refractivity contribution in [3.8, 4) is 0 Å². The molecule has 0 unspecified atom stereocenters. The molecule has 1 heterocycles. The third-order valence-corrected chi connectivity index (χ3v) is 4.49. The zero-order chi connectivity index (χ0) is 9.97. The van der Waals surface area contributed by atoms with Crippen LogP contribution in [0.5, 0.6) is 0 Å². The molecule has 1 fully saturated rings. The van der Waals surface area contributed by atoms with E-state index in [2.05, 4.69) is 27.4 Å². The van der Waals surface area contributed by atoms with Crippen LogP contribution in [0, 0.1) is 5.92 Å². The van der Waals surface area contributed by atoms with Gasteiger partial charge in [0.1, 0.15) is 5.78 Å². The van der Waals surface area contributed by atoms with Crippen LogP contribution < -0.4 is 0 Å². The highest BCUT2D eigenvalue weighted by Crippen LogP contribution is 2.28. The number of thiophene rings is 1. The number of halogens is 1. The Balaban J connectivity index is 1.89. The number of carbonyl (C=O) groups excluding carboxylic acids is 1. The lowest BCUT2D eigenvalue weighted by atomic mass is 9.86. The predicted octanol–water partition coefficient (Wildman–Crippen LogP) is 3.81. The Morgan fingerprint density at radius 3 is 2.71 bits per heavy atom. The van der Waals surface area contributed by atoms with Crippen LogP contribution in [0.3, 0.4) is 0 Å². The van der Waals surface area contributed by atoms with Gasteiger partial charge in [-0.25, -0.2) is 0 Å². The molecule has 1 aromatic rings. The molecule has 0 amide bonds. The summed E-state index contributed by atoms with van der Waals surface area (Å²) < 4.78 is 1.18. The number of Topliss-reactive ketones (excluding diaryl/α,β-unsaturated/α-hetero) is 1. The van der Waals surface area contributed by atoms with Gasteiger partial charge < -0.3 is 0 Å². The quantitative estimate of drug-likeness (QED) is 0.800. The Labute approximate surface area is 96.6 Å². The summed E-state index contributed by atoms with van der Waals surface area (Å²) in [6.07, 6.45) is 4.95. The first-order valence-electron chi connectivity index (χ1n) is 4.98. The van der Waals surface area contributed by atoms with Crippen LogP contribution in [0.2, 0.25) is 0 Å². The van der Waals surface area contributed by atoms with Gasteiger partial charge in [-0.3, -0.25) is 4.79 Å². The Hall–Kier alpha value is -0.150. The van der Waals surface area contributed by atoms with Crippen molar-refractivity contribution in [1.82, 2.24) is 0 Å². The summed E-state index contributed by atoms with van der Waals surface area (Å²) in [5, 5.41) is 2.13. The molecule has 0 aromatic carbocycles. The van der Waals surface area contributed by atoms with Crippen molar-refractivity contribution in [1.29, 1.82) is 0 Å². The normalized spacial score (nSPS) is 18.8. The van der Waals surface area contributed by atoms with Crippen molar-refractivity contribution in [2.45, 2.75) is 32.1 Å². The van der Waals surface area contributed by atoms with Gasteiger partial charge >= 0.3 is 0 Å². The topological polar surface area (TPSA) is 17.1 Å². The van der Waals surface area contributed by atoms with Crippen molar-refractivity contribution in [2.75, 3.05) is 0 Å². The Bertz CT molecular complexity index is 322. The standard InChI is InChI=1S/C11H13BrOS/c12-9-6-11(14-7-9)5-8-1-3-10(13)4-2-8/h6-8H,1-5H2. The molecule has 1 nitrogen and oxygen atoms in total. The molecular weight excluding hydrogens is 260 g/mol. The van der Waals surface area contributed by atoms with Gasteiger partial charge in [-0.1, -0.05) is 0 Å². The van der Waals surface area contributed by atoms with Gasteiger partial charge in [0, 0.05) is 27.6 Å². The number of carbonyl (C=O) groups is 1. The van der Waals surface area contributed by atoms with E-state index in [1.54, 1.807) is 0 Å². The lowest BCUT2D eigenvalue weighted by Gasteiger charge is -2.19. The van der Waals surface area contributed by atoms with Crippen molar-refractivity contribution in [3.63, 3.8) is 0 Å². The molecule has 3 heteroatoms. The van der Waals surface area contributed by atoms with Gasteiger partial charge in [-0.15, -0.1) is 11.3 Å². The van der Waals surface area contributed by atoms with Crippen molar-refractivity contribution in [2.24, 2.45) is 5.92 Å². The summed E-state index contributed by atoms with van der Waals surface area (Å²) in [5.41, 5.74) is 0. The fourth-order valence-corrected chi connectivity index (χ4v) is 3.52. The highest BCUT2D eigenvalue weighted by molar-refractivity contribution is 9.10. The highest BCUT2D eigenvalue weighted by atomic mass is 79.9. The fraction of sp³-hybridized carbons (Fsp3) is 0.545. The monoisotopic (exact) mass is 272 g/mol. The average molecular weight is 273 g/mol. The molecule has 14 heavy (non-hydrogen) atoms. The van der Waals surface area contributed by atoms with E-state index in [0.717, 1.165) is 38.0 Å². The Morgan fingerprint density at radius 2 is 2.14 bits per heavy atom. The van der Waals surface area contributed by atoms with E-state index in [4.69, 9.17) is 0 Å². The second-order valence-electron chi connectivity index (χ2n) is 3.92. The number of ketones is 1. The first kappa shape index (κ1) is 10.4. The second kappa shape index (κ2) is 4.58. The molecule has 0 saturated heterocycles. The molecule has 0 bridgehead atoms. The molecule has 1 aromatic heterocycles. The molecule has 76 valence electrons. The largest absolute Gasteiger partial charge is 0.300 e. The summed E-state index contributed by atoms with van der Waals surface area (Å²) in [7, 11) is 0. The van der Waals surface area contributed by atoms with E-state index < -0.39 is 0 Å². The molecule has 1 saturated carbocycles. The fourth-order valence-electron chi connectivity index (χ4n) is 1.95. The molecule has 1 aliphatic carbocycles. The van der Waals surface area contributed by atoms with E-state index in [0.29, 0.717) is 5.78 Å². The van der Waals surface area contributed by atoms with Gasteiger partial charge in [0.2, 0.25) is 0 Å². The minimum absolute atomic E-state index is 0.452. The maximum atomic E-state index is 11.1. The van der Waals surface area contributed by atoms with Crippen LogP contribution in [-0.4, -0.2) is 5.78 Å². The summed E-state index contributed by atoms with van der Waals surface area (Å²) in [6, 6.07) is 2.20. The zero-order valence-corrected chi connectivity index (χ0v) is 10.4. The van der Waals surface area contributed by atoms with Crippen LogP contribution in [0.25, 0.3) is 0 Å². The van der Waals surface area contributed by atoms with Crippen molar-refractivity contribution >= 4 is 33.0 Å². The molecule has 0 spiro atoms. The minimum Gasteiger partial charge on any atom is -0.300 e. The Morgan fingerprint density at radius 1 is 1.43 bits per heavy atom. The first-order valence-corrected chi connectivity index (χ1v) is 6.66. The highest BCUT2D eigenvalue weighted by Gasteiger charge is 2.19. The van der Waals surface area contributed by atoms with Crippen molar-refractivity contribution < 1.29 is 4.79 Å². The van der Waals surface area contributed by atoms with E-state index in [9.17, 15) is 4.79 Å². The van der Waals surface area contributed by atoms with Crippen LogP contribution >= 0.6 is 27.3 Å². The predicted molar refractivity (Wildman–Crippen MR) is 62.7 cm³/mol. The van der Waals surface area contributed by atoms with Crippen LogP contribution in [0.4, 0.5) is 0 Å². The molecule has 0 aliphatic heterocycles. The molecule has 0 radical (unpaired) electrons. The minimum atomic E-state index is 0.452. The van der Waals surface area contributed by atoms with Gasteiger partial charge in [-0.05, 0) is 47.2 Å². The van der Waals surface area contributed by atoms with E-state index in [1.807, 2.05) is 11.3 Å². The zero-order valence-electron chi connectivity index (χ0n) is 7.96. The van der Waals surface area contributed by atoms with Gasteiger partial charge in [0.05, 0.1) is 0 Å². The van der Waals surface area contributed by atoms with E-state index >= 15 is 0 Å². The molecule has 0 N–H and O–H groups in total. The lowest BCUT2D eigenvalue weighted by Crippen LogP contribution is -2.15. The molecule has 0 atom stereocenters. The van der Waals surface area contributed by atoms with Gasteiger partial charge in [0.15, 0.2) is 0 Å². The third-order valence-electron chi connectivity index (χ3n) is 2.77. The summed E-state index contributed by atoms with van der Waals surface area (Å²) >= 11 is 5.27. The van der Waals surface area contributed by atoms with Gasteiger partial charge in [-0.2, -0.15) is 0 Å². The molecular formula is C11H13BrOS. The number of hydrogen-bond acceptors (Lipinski definition) is 2. The lowest BCUT2D eigenvalue weighted by molar-refractivity contribution is -0.120. The first-order chi connectivity index (χ1) is 6.74. The van der Waals surface area contributed by atoms with Crippen LogP contribution in [-0.2, 0) is 11.2 Å². The molecule has 1 aliphatic rings. The second-order valence-corrected chi connectivity index (χ2v) is 5.83. The van der Waals surface area contributed by atoms with Crippen molar-refractivity contribution in [3.05, 3.63) is 20.8 Å². The summed E-state index contributed by atoms with van der Waals surface area (Å²) in [6.45, 7) is 0. The van der Waals surface area contributed by atoms with E-state index in [-0.39, 0.29) is 0 Å². The van der Waals surface area contributed by atoms with E-state index in [1.165, 1.54) is 9.35 Å². The molecule has 2 rings (SSSR count). The summed E-state index contributed by atoms with van der Waals surface area (Å²) in [4.78, 5) is 12.5. The smallest absolute Gasteiger partial charge is 0.132 e. The van der Waals surface area contributed by atoms with Gasteiger partial charge in [0.25, 0.3) is 0 Å².